The van der Waals surface area contributed by atoms with E-state index in [9.17, 15) is 19.2 Å². The van der Waals surface area contributed by atoms with Crippen LogP contribution in [0.3, 0.4) is 0 Å². The lowest BCUT2D eigenvalue weighted by Crippen LogP contribution is -2.46. The van der Waals surface area contributed by atoms with Crippen LogP contribution in [0, 0.1) is 0 Å². The second-order valence-corrected chi connectivity index (χ2v) is 8.32. The van der Waals surface area contributed by atoms with Gasteiger partial charge in [-0.25, -0.2) is 9.69 Å². The summed E-state index contributed by atoms with van der Waals surface area (Å²) in [5.41, 5.74) is 1.20. The molecule has 1 aliphatic rings. The molecule has 2 aromatic rings. The van der Waals surface area contributed by atoms with Crippen LogP contribution < -0.4 is 14.4 Å². The maximum absolute atomic E-state index is 13.2. The first kappa shape index (κ1) is 25.0. The Hall–Kier alpha value is -3.66. The highest BCUT2D eigenvalue weighted by Gasteiger charge is 2.43. The van der Waals surface area contributed by atoms with Gasteiger partial charge in [0.25, 0.3) is 5.91 Å². The first-order chi connectivity index (χ1) is 16.2. The first-order valence-corrected chi connectivity index (χ1v) is 11.1. The minimum Gasteiger partial charge on any atom is -0.493 e. The standard InChI is InChI=1S/C24H23BrN2O7/c1-33-19-8-3-15(13-20(19)34-2)11-12-26(21(28)9-10-23(30)31)18-14-22(29)27(24(18)32)17-6-4-16(25)5-7-17/h3-10,13,18H,11-12,14H2,1-2H3,(H,30,31)/b10-9-/t18-/m0/s1. The lowest BCUT2D eigenvalue weighted by molar-refractivity contribution is -0.135. The zero-order valence-corrected chi connectivity index (χ0v) is 20.1. The summed E-state index contributed by atoms with van der Waals surface area (Å²) in [5.74, 6) is -1.90. The molecule has 1 heterocycles. The van der Waals surface area contributed by atoms with Gasteiger partial charge in [0.05, 0.1) is 26.3 Å². The monoisotopic (exact) mass is 530 g/mol. The Labute approximate surface area is 204 Å². The fourth-order valence-electron chi connectivity index (χ4n) is 3.66. The van der Waals surface area contributed by atoms with E-state index in [1.54, 1.807) is 42.5 Å². The Bertz CT molecular complexity index is 1130. The van der Waals surface area contributed by atoms with Crippen molar-refractivity contribution in [3.8, 4) is 11.5 Å². The van der Waals surface area contributed by atoms with Gasteiger partial charge in [-0.15, -0.1) is 0 Å². The molecule has 0 aromatic heterocycles. The van der Waals surface area contributed by atoms with Crippen LogP contribution in [0.2, 0.25) is 0 Å². The Morgan fingerprint density at radius 2 is 1.76 bits per heavy atom. The van der Waals surface area contributed by atoms with Gasteiger partial charge in [-0.05, 0) is 48.4 Å². The summed E-state index contributed by atoms with van der Waals surface area (Å²) in [5, 5.41) is 8.92. The normalized spacial score (nSPS) is 15.6. The van der Waals surface area contributed by atoms with Crippen LogP contribution in [0.25, 0.3) is 0 Å². The first-order valence-electron chi connectivity index (χ1n) is 10.3. The summed E-state index contributed by atoms with van der Waals surface area (Å²) < 4.78 is 11.3. The van der Waals surface area contributed by atoms with Gasteiger partial charge in [-0.3, -0.25) is 14.4 Å². The molecule has 3 rings (SSSR count). The average molecular weight is 531 g/mol. The number of ether oxygens (including phenoxy) is 2. The molecule has 1 aliphatic heterocycles. The third-order valence-electron chi connectivity index (χ3n) is 5.32. The van der Waals surface area contributed by atoms with Crippen molar-refractivity contribution in [2.45, 2.75) is 18.9 Å². The van der Waals surface area contributed by atoms with Crippen molar-refractivity contribution < 1.29 is 33.8 Å². The third kappa shape index (κ3) is 5.63. The van der Waals surface area contributed by atoms with Crippen molar-refractivity contribution in [3.63, 3.8) is 0 Å². The van der Waals surface area contributed by atoms with E-state index in [4.69, 9.17) is 14.6 Å². The van der Waals surface area contributed by atoms with Gasteiger partial charge >= 0.3 is 5.97 Å². The number of benzene rings is 2. The second kappa shape index (κ2) is 11.0. The van der Waals surface area contributed by atoms with Crippen LogP contribution in [0.5, 0.6) is 11.5 Å². The highest BCUT2D eigenvalue weighted by Crippen LogP contribution is 2.29. The van der Waals surface area contributed by atoms with Crippen molar-refractivity contribution in [3.05, 3.63) is 64.7 Å². The Balaban J connectivity index is 1.86. The molecule has 0 radical (unpaired) electrons. The molecule has 0 spiro atoms. The maximum Gasteiger partial charge on any atom is 0.328 e. The van der Waals surface area contributed by atoms with Crippen LogP contribution in [0.1, 0.15) is 12.0 Å². The van der Waals surface area contributed by atoms with Gasteiger partial charge in [0.1, 0.15) is 6.04 Å². The molecule has 0 aliphatic carbocycles. The Morgan fingerprint density at radius 1 is 1.09 bits per heavy atom. The number of carboxylic acids is 1. The fraction of sp³-hybridized carbons (Fsp3) is 0.250. The van der Waals surface area contributed by atoms with Crippen LogP contribution in [-0.2, 0) is 25.6 Å². The van der Waals surface area contributed by atoms with E-state index in [-0.39, 0.29) is 13.0 Å². The third-order valence-corrected chi connectivity index (χ3v) is 5.85. The minimum atomic E-state index is -1.29. The fourth-order valence-corrected chi connectivity index (χ4v) is 3.93. The number of carboxylic acid groups (broad SMARTS) is 1. The summed E-state index contributed by atoms with van der Waals surface area (Å²) in [4.78, 5) is 52.0. The Morgan fingerprint density at radius 3 is 2.38 bits per heavy atom. The van der Waals surface area contributed by atoms with Crippen molar-refractivity contribution >= 4 is 45.3 Å². The molecule has 1 saturated heterocycles. The van der Waals surface area contributed by atoms with Gasteiger partial charge in [0.2, 0.25) is 11.8 Å². The summed E-state index contributed by atoms with van der Waals surface area (Å²) in [6.45, 7) is 0.0795. The van der Waals surface area contributed by atoms with E-state index in [2.05, 4.69) is 15.9 Å². The van der Waals surface area contributed by atoms with Gasteiger partial charge in [-0.2, -0.15) is 0 Å². The quantitative estimate of drug-likeness (QED) is 0.391. The highest BCUT2D eigenvalue weighted by molar-refractivity contribution is 9.10. The molecule has 0 saturated carbocycles. The number of hydrogen-bond donors (Lipinski definition) is 1. The van der Waals surface area contributed by atoms with E-state index in [1.165, 1.54) is 19.1 Å². The summed E-state index contributed by atoms with van der Waals surface area (Å²) in [6.07, 6.45) is 1.73. The number of hydrogen-bond acceptors (Lipinski definition) is 6. The number of anilines is 1. The lowest BCUT2D eigenvalue weighted by atomic mass is 10.1. The van der Waals surface area contributed by atoms with E-state index in [0.29, 0.717) is 29.7 Å². The summed E-state index contributed by atoms with van der Waals surface area (Å²) in [6, 6.07) is 10.9. The smallest absolute Gasteiger partial charge is 0.328 e. The molecule has 178 valence electrons. The average Bonchev–Trinajstić information content (AvgIpc) is 3.11. The molecule has 0 bridgehead atoms. The number of halogens is 1. The number of imide groups is 1. The number of carbonyl (C=O) groups excluding carboxylic acids is 3. The van der Waals surface area contributed by atoms with Crippen molar-refractivity contribution in [1.82, 2.24) is 4.90 Å². The molecule has 1 fully saturated rings. The topological polar surface area (TPSA) is 113 Å². The van der Waals surface area contributed by atoms with Gasteiger partial charge in [0, 0.05) is 23.2 Å². The lowest BCUT2D eigenvalue weighted by Gasteiger charge is -2.26. The molecule has 3 amide bonds. The predicted octanol–water partition coefficient (Wildman–Crippen LogP) is 2.81. The van der Waals surface area contributed by atoms with Crippen LogP contribution in [0.15, 0.2) is 59.1 Å². The molecule has 0 unspecified atom stereocenters. The maximum atomic E-state index is 13.2. The molecule has 1 N–H and O–H groups in total. The largest absolute Gasteiger partial charge is 0.493 e. The van der Waals surface area contributed by atoms with Crippen LogP contribution in [-0.4, -0.2) is 60.5 Å². The SMILES string of the molecule is COc1ccc(CCN(C(=O)/C=C\C(=O)O)[C@H]2CC(=O)N(c3ccc(Br)cc3)C2=O)cc1OC. The van der Waals surface area contributed by atoms with Crippen molar-refractivity contribution in [2.75, 3.05) is 25.7 Å². The van der Waals surface area contributed by atoms with Crippen molar-refractivity contribution in [2.24, 2.45) is 0 Å². The number of rotatable bonds is 9. The number of nitrogens with zero attached hydrogens (tertiary/aromatic N) is 2. The molecule has 34 heavy (non-hydrogen) atoms. The number of carbonyl (C=O) groups is 4. The zero-order chi connectivity index (χ0) is 24.8. The molecular weight excluding hydrogens is 508 g/mol. The number of amides is 3. The molecule has 1 atom stereocenters. The molecule has 2 aromatic carbocycles. The van der Waals surface area contributed by atoms with Crippen LogP contribution in [0.4, 0.5) is 5.69 Å². The van der Waals surface area contributed by atoms with E-state index < -0.39 is 29.7 Å². The van der Waals surface area contributed by atoms with Crippen molar-refractivity contribution in [1.29, 1.82) is 0 Å². The van der Waals surface area contributed by atoms with Gasteiger partial charge < -0.3 is 19.5 Å². The molecule has 10 heteroatoms. The van der Waals surface area contributed by atoms with Gasteiger partial charge in [-0.1, -0.05) is 22.0 Å². The summed E-state index contributed by atoms with van der Waals surface area (Å²) in [7, 11) is 3.03. The number of methoxy groups -OCH3 is 2. The highest BCUT2D eigenvalue weighted by atomic mass is 79.9. The molecular formula is C24H23BrN2O7. The predicted molar refractivity (Wildman–Crippen MR) is 127 cm³/mol. The van der Waals surface area contributed by atoms with Crippen LogP contribution >= 0.6 is 15.9 Å². The molecule has 9 nitrogen and oxygen atoms in total. The van der Waals surface area contributed by atoms with Gasteiger partial charge in [0.15, 0.2) is 11.5 Å². The van der Waals surface area contributed by atoms with E-state index in [0.717, 1.165) is 21.0 Å². The zero-order valence-electron chi connectivity index (χ0n) is 18.6. The second-order valence-electron chi connectivity index (χ2n) is 7.41. The number of aliphatic carboxylic acids is 1. The Kier molecular flexibility index (Phi) is 8.06. The van der Waals surface area contributed by atoms with E-state index in [1.807, 2.05) is 0 Å². The minimum absolute atomic E-state index is 0.0795. The summed E-state index contributed by atoms with van der Waals surface area (Å²) >= 11 is 3.32. The van der Waals surface area contributed by atoms with E-state index >= 15 is 0 Å².